The van der Waals surface area contributed by atoms with Crippen molar-refractivity contribution in [2.45, 2.75) is 38.1 Å². The molecule has 2 aliphatic heterocycles. The van der Waals surface area contributed by atoms with Gasteiger partial charge in [-0.3, -0.25) is 4.90 Å². The van der Waals surface area contributed by atoms with Crippen molar-refractivity contribution in [2.24, 2.45) is 11.8 Å². The Hall–Kier alpha value is -4.60. The monoisotopic (exact) mass is 615 g/mol. The van der Waals surface area contributed by atoms with Gasteiger partial charge in [-0.25, -0.2) is 23.5 Å². The van der Waals surface area contributed by atoms with Crippen molar-refractivity contribution in [3.63, 3.8) is 0 Å². The summed E-state index contributed by atoms with van der Waals surface area (Å²) in [5.41, 5.74) is 2.73. The molecule has 7 rings (SSSR count). The van der Waals surface area contributed by atoms with Gasteiger partial charge in [0.1, 0.15) is 35.3 Å². The number of likely N-dealkylation sites (tertiary alicyclic amines) is 1. The fraction of sp³-hybridized carbons (Fsp3) is 0.394. The Kier molecular flexibility index (Phi) is 7.59. The van der Waals surface area contributed by atoms with Gasteiger partial charge in [0.05, 0.1) is 61.8 Å². The maximum Gasteiger partial charge on any atom is 0.338 e. The molecule has 232 valence electrons. The highest BCUT2D eigenvalue weighted by atomic mass is 19.1. The highest BCUT2D eigenvalue weighted by Crippen LogP contribution is 2.58. The van der Waals surface area contributed by atoms with Crippen LogP contribution in [0, 0.1) is 34.8 Å². The van der Waals surface area contributed by atoms with Gasteiger partial charge in [-0.1, -0.05) is 6.07 Å². The van der Waals surface area contributed by atoms with Crippen molar-refractivity contribution >= 4 is 17.0 Å². The van der Waals surface area contributed by atoms with Crippen molar-refractivity contribution in [1.82, 2.24) is 19.4 Å². The number of carbonyl (C=O) groups is 1. The molecule has 3 atom stereocenters. The lowest BCUT2D eigenvalue weighted by molar-refractivity contribution is -0.0591. The van der Waals surface area contributed by atoms with Crippen LogP contribution in [0.1, 0.15) is 45.3 Å². The number of methoxy groups -OCH3 is 2. The number of hydrogen-bond acceptors (Lipinski definition) is 9. The average Bonchev–Trinajstić information content (AvgIpc) is 3.33. The molecule has 4 aromatic rings. The summed E-state index contributed by atoms with van der Waals surface area (Å²) < 4.78 is 53.3. The van der Waals surface area contributed by atoms with Crippen LogP contribution in [0.3, 0.4) is 0 Å². The van der Waals surface area contributed by atoms with E-state index in [0.717, 1.165) is 43.5 Å². The average molecular weight is 616 g/mol. The Morgan fingerprint density at radius 1 is 1.09 bits per heavy atom. The number of esters is 1. The van der Waals surface area contributed by atoms with Gasteiger partial charge < -0.3 is 23.5 Å². The standard InChI is InChI=1S/C33H31F2N5O5/c1-42-27-11-20(33(41)43-2)10-26-32(27)37-28(40(26)13-21-7-8-44-21)16-39-14-22-23(15-39)30(22)31-24(34)5-6-29(38-31)45-17-19-4-3-18(12-36)9-25(19)35/h3-6,9-11,21-23,30H,7-8,13-17H2,1-2H3/t21-,22?,23?,30?/m0/s1. The molecule has 2 aromatic carbocycles. The summed E-state index contributed by atoms with van der Waals surface area (Å²) >= 11 is 0. The molecule has 10 nitrogen and oxygen atoms in total. The zero-order chi connectivity index (χ0) is 31.2. The van der Waals surface area contributed by atoms with E-state index in [2.05, 4.69) is 14.5 Å². The lowest BCUT2D eigenvalue weighted by Gasteiger charge is -2.28. The van der Waals surface area contributed by atoms with Crippen molar-refractivity contribution in [3.8, 4) is 17.7 Å². The Bertz CT molecular complexity index is 1820. The first kappa shape index (κ1) is 29.1. The summed E-state index contributed by atoms with van der Waals surface area (Å²) in [6, 6.07) is 12.3. The summed E-state index contributed by atoms with van der Waals surface area (Å²) in [6.07, 6.45) is 1.02. The molecule has 0 radical (unpaired) electrons. The highest BCUT2D eigenvalue weighted by molar-refractivity contribution is 5.96. The smallest absolute Gasteiger partial charge is 0.338 e. The number of nitrogens with zero attached hydrogens (tertiary/aromatic N) is 5. The van der Waals surface area contributed by atoms with Crippen LogP contribution in [0.25, 0.3) is 11.0 Å². The maximum atomic E-state index is 14.9. The highest BCUT2D eigenvalue weighted by Gasteiger charge is 2.58. The van der Waals surface area contributed by atoms with E-state index in [-0.39, 0.29) is 53.3 Å². The molecule has 45 heavy (non-hydrogen) atoms. The molecule has 12 heteroatoms. The quantitative estimate of drug-likeness (QED) is 0.237. The summed E-state index contributed by atoms with van der Waals surface area (Å²) in [6.45, 7) is 3.34. The Morgan fingerprint density at radius 3 is 2.56 bits per heavy atom. The van der Waals surface area contributed by atoms with E-state index in [4.69, 9.17) is 29.2 Å². The lowest BCUT2D eigenvalue weighted by Crippen LogP contribution is -2.33. The van der Waals surface area contributed by atoms with E-state index < -0.39 is 11.8 Å². The maximum absolute atomic E-state index is 14.9. The number of nitriles is 1. The minimum atomic E-state index is -0.538. The van der Waals surface area contributed by atoms with Crippen molar-refractivity contribution in [1.29, 1.82) is 5.26 Å². The van der Waals surface area contributed by atoms with Crippen LogP contribution in [-0.4, -0.2) is 65.4 Å². The van der Waals surface area contributed by atoms with Gasteiger partial charge in [0.15, 0.2) is 0 Å². The molecule has 0 amide bonds. The van der Waals surface area contributed by atoms with E-state index >= 15 is 0 Å². The summed E-state index contributed by atoms with van der Waals surface area (Å²) in [7, 11) is 2.90. The molecule has 3 fully saturated rings. The number of benzene rings is 2. The van der Waals surface area contributed by atoms with Gasteiger partial charge in [-0.2, -0.15) is 5.26 Å². The molecule has 0 spiro atoms. The van der Waals surface area contributed by atoms with Gasteiger partial charge in [0, 0.05) is 37.2 Å². The minimum absolute atomic E-state index is 0.0265. The topological polar surface area (TPSA) is 112 Å². The third kappa shape index (κ3) is 5.47. The number of carbonyl (C=O) groups excluding carboxylic acids is 1. The van der Waals surface area contributed by atoms with Gasteiger partial charge >= 0.3 is 5.97 Å². The SMILES string of the molecule is COC(=O)c1cc(OC)c2nc(CN3CC4C(C3)C4c3nc(OCc4ccc(C#N)cc4F)ccc3F)n(C[C@@H]3CCO3)c2c1. The number of rotatable bonds is 10. The van der Waals surface area contributed by atoms with Crippen molar-refractivity contribution in [2.75, 3.05) is 33.9 Å². The first-order valence-corrected chi connectivity index (χ1v) is 14.8. The molecule has 4 heterocycles. The fourth-order valence-corrected chi connectivity index (χ4v) is 6.57. The number of aromatic nitrogens is 3. The number of imidazole rings is 1. The first-order valence-electron chi connectivity index (χ1n) is 14.8. The third-order valence-electron chi connectivity index (χ3n) is 9.07. The molecule has 2 aromatic heterocycles. The van der Waals surface area contributed by atoms with Crippen LogP contribution in [0.4, 0.5) is 8.78 Å². The minimum Gasteiger partial charge on any atom is -0.494 e. The van der Waals surface area contributed by atoms with Crippen LogP contribution in [-0.2, 0) is 29.2 Å². The molecule has 1 aliphatic carbocycles. The molecule has 0 bridgehead atoms. The summed E-state index contributed by atoms with van der Waals surface area (Å²) in [5, 5.41) is 8.95. The largest absolute Gasteiger partial charge is 0.494 e. The second-order valence-electron chi connectivity index (χ2n) is 11.7. The molecular weight excluding hydrogens is 584 g/mol. The van der Waals surface area contributed by atoms with Crippen molar-refractivity contribution in [3.05, 3.63) is 82.3 Å². The molecule has 2 unspecified atom stereocenters. The molecule has 3 aliphatic rings. The third-order valence-corrected chi connectivity index (χ3v) is 9.07. The number of ether oxygens (including phenoxy) is 4. The molecule has 1 saturated carbocycles. The second kappa shape index (κ2) is 11.7. The zero-order valence-corrected chi connectivity index (χ0v) is 24.8. The predicted molar refractivity (Wildman–Crippen MR) is 157 cm³/mol. The summed E-state index contributed by atoms with van der Waals surface area (Å²) in [4.78, 5) is 24.1. The van der Waals surface area contributed by atoms with Gasteiger partial charge in [-0.15, -0.1) is 0 Å². The number of fused-ring (bicyclic) bond motifs is 2. The summed E-state index contributed by atoms with van der Waals surface area (Å²) in [5.74, 6) is 0.652. The van der Waals surface area contributed by atoms with Crippen molar-refractivity contribution < 1.29 is 32.5 Å². The van der Waals surface area contributed by atoms with Crippen LogP contribution in [0.15, 0.2) is 42.5 Å². The molecule has 2 saturated heterocycles. The Morgan fingerprint density at radius 2 is 1.89 bits per heavy atom. The van der Waals surface area contributed by atoms with Crippen LogP contribution in [0.5, 0.6) is 11.6 Å². The van der Waals surface area contributed by atoms with E-state index in [1.165, 1.54) is 31.4 Å². The van der Waals surface area contributed by atoms with Crippen LogP contribution >= 0.6 is 0 Å². The van der Waals surface area contributed by atoms with E-state index in [1.54, 1.807) is 19.2 Å². The Labute approximate surface area is 258 Å². The van der Waals surface area contributed by atoms with Gasteiger partial charge in [-0.05, 0) is 48.6 Å². The lowest BCUT2D eigenvalue weighted by atomic mass is 10.1. The first-order chi connectivity index (χ1) is 21.9. The predicted octanol–water partition coefficient (Wildman–Crippen LogP) is 4.59. The Balaban J connectivity index is 1.06. The molecular formula is C33H31F2N5O5. The zero-order valence-electron chi connectivity index (χ0n) is 24.8. The van der Waals surface area contributed by atoms with E-state index in [9.17, 15) is 13.6 Å². The number of piperidine rings is 1. The second-order valence-corrected chi connectivity index (χ2v) is 11.7. The van der Waals surface area contributed by atoms with E-state index in [1.807, 2.05) is 6.07 Å². The van der Waals surface area contributed by atoms with Crippen LogP contribution in [0.2, 0.25) is 0 Å². The van der Waals surface area contributed by atoms with Gasteiger partial charge in [0.25, 0.3) is 0 Å². The van der Waals surface area contributed by atoms with E-state index in [0.29, 0.717) is 35.6 Å². The number of halogens is 2. The normalized spacial score (nSPS) is 22.0. The van der Waals surface area contributed by atoms with Crippen LogP contribution < -0.4 is 9.47 Å². The number of hydrogen-bond donors (Lipinski definition) is 0. The molecule has 0 N–H and O–H groups in total. The number of pyridine rings is 1. The fourth-order valence-electron chi connectivity index (χ4n) is 6.57. The van der Waals surface area contributed by atoms with Gasteiger partial charge in [0.2, 0.25) is 5.88 Å².